The minimum absolute atomic E-state index is 0.336. The van der Waals surface area contributed by atoms with Crippen molar-refractivity contribution < 1.29 is 0 Å². The SMILES string of the molecule is BBc1c(-c2c3c(C)c(C)c(C)c(C)c3c(-c3c(C#CC#CC#CC#CC#C)c4c(C)c(C)c(C#CC)c(C#CC#C)c4c4c(C#CC#CC)c(C#CC#CC#C)c(C#CC#CC#CC)c(C#CC#CC#CC#C)c34)c3c(C)c(C)c(C)c(C)c23)c(C)c2c(C)c(C)c(B(B(B)B)B(B)B)c(C)c2c1B. The summed E-state index contributed by atoms with van der Waals surface area (Å²) in [5.74, 6) is 108. The fraction of sp³-hybridized carbons (Fsp3) is 0.179. The van der Waals surface area contributed by atoms with Crippen molar-refractivity contribution in [3.05, 3.63) is 117 Å². The zero-order chi connectivity index (χ0) is 76.8. The van der Waals surface area contributed by atoms with Crippen molar-refractivity contribution in [3.63, 3.8) is 0 Å². The summed E-state index contributed by atoms with van der Waals surface area (Å²) in [6.45, 7) is 37.3. The molecule has 0 bridgehead atoms. The van der Waals surface area contributed by atoms with Crippen molar-refractivity contribution in [1.29, 1.82) is 0 Å². The molecule has 0 amide bonds. The molecule has 0 saturated heterocycles. The maximum Gasteiger partial charge on any atom is 0.139 e. The van der Waals surface area contributed by atoms with E-state index in [4.69, 9.17) is 25.7 Å². The van der Waals surface area contributed by atoms with Crippen LogP contribution in [-0.2, 0) is 0 Å². The van der Waals surface area contributed by atoms with E-state index in [-0.39, 0.29) is 0 Å². The molecule has 478 valence electrons. The number of terminal acetylenes is 4. The lowest BCUT2D eigenvalue weighted by atomic mass is 8.71. The predicted octanol–water partition coefficient (Wildman–Crippen LogP) is 6.42. The lowest BCUT2D eigenvalue weighted by Gasteiger charge is -2.32. The average molecular weight is 1320 g/mol. The van der Waals surface area contributed by atoms with Crippen LogP contribution in [0, 0.1) is 336 Å². The predicted molar refractivity (Wildman–Crippen MR) is 476 cm³/mol. The number of hydrogen-bond acceptors (Lipinski definition) is 0. The largest absolute Gasteiger partial charge is 0.139 e. The van der Waals surface area contributed by atoms with E-state index in [1.165, 1.54) is 71.7 Å². The molecule has 105 heavy (non-hydrogen) atoms. The summed E-state index contributed by atoms with van der Waals surface area (Å²) in [5.41, 5.74) is 27.2. The molecule has 0 aliphatic heterocycles. The summed E-state index contributed by atoms with van der Waals surface area (Å²) < 4.78 is 0. The fourth-order valence-corrected chi connectivity index (χ4v) is 15.6. The molecule has 0 unspecified atom stereocenters. The van der Waals surface area contributed by atoms with Crippen LogP contribution in [0.1, 0.15) is 138 Å². The van der Waals surface area contributed by atoms with Crippen molar-refractivity contribution in [2.24, 2.45) is 0 Å². The van der Waals surface area contributed by atoms with Gasteiger partial charge in [-0.25, -0.2) is 0 Å². The number of aryl methyl sites for hydroxylation is 8. The lowest BCUT2D eigenvalue weighted by Crippen LogP contribution is -2.60. The molecule has 0 aromatic heterocycles. The van der Waals surface area contributed by atoms with Gasteiger partial charge in [-0.2, -0.15) is 0 Å². The monoisotopic (exact) mass is 1320 g/mol. The minimum Gasteiger partial charge on any atom is -0.106 e. The van der Waals surface area contributed by atoms with Crippen LogP contribution in [0.15, 0.2) is 0 Å². The standard InChI is InChI=1S/C95H68B10/c1-22-29-35-39-41-42-45-50-57-78-80-67(17)62(12)72(51-28-7)75(52-34-27-6)87(80)88-76(55-46-33-26-5)73(53-47-38-32-25-4)74(54-48-43-37-31-24-3)77(56-49-44-40-36-30-23-2)89(88)90(78)92-83-65(15)60(10)58(8)63(13)81(83)91(82-64(14)59(9)61(11)66(16)84(82)92)86-70(20)79-68(18)69(19)95(103(104(98)99)105(100)101)71(21)85(79)93(96)94(86)102-97/h1-2,4,6,102H,96-101H2,3,5,7-21H3. The third kappa shape index (κ3) is 14.3. The van der Waals surface area contributed by atoms with Gasteiger partial charge in [0.15, 0.2) is 0 Å². The fourth-order valence-electron chi connectivity index (χ4n) is 15.6. The first-order chi connectivity index (χ1) is 50.4. The topological polar surface area (TPSA) is 0 Å². The second-order valence-electron chi connectivity index (χ2n) is 26.5. The van der Waals surface area contributed by atoms with Crippen molar-refractivity contribution in [1.82, 2.24) is 0 Å². The molecule has 10 heteroatoms. The van der Waals surface area contributed by atoms with Gasteiger partial charge in [0.05, 0.1) is 73.0 Å². The molecule has 8 aromatic rings. The highest BCUT2D eigenvalue weighted by Crippen LogP contribution is 2.56. The van der Waals surface area contributed by atoms with Gasteiger partial charge in [0.2, 0.25) is 0 Å². The zero-order valence-electron chi connectivity index (χ0n) is 64.7. The third-order valence-corrected chi connectivity index (χ3v) is 20.7. The van der Waals surface area contributed by atoms with E-state index in [9.17, 15) is 0 Å². The van der Waals surface area contributed by atoms with Crippen LogP contribution in [0.2, 0.25) is 0 Å². The van der Waals surface area contributed by atoms with E-state index in [0.29, 0.717) is 85.3 Å². The van der Waals surface area contributed by atoms with Crippen molar-refractivity contribution >= 4 is 143 Å². The highest BCUT2D eigenvalue weighted by atomic mass is 14.4. The molecule has 0 saturated carbocycles. The summed E-state index contributed by atoms with van der Waals surface area (Å²) in [7, 11) is 14.9. The normalized spacial score (nSPS) is 9.11. The van der Waals surface area contributed by atoms with E-state index in [1.54, 1.807) is 20.8 Å². The second-order valence-corrected chi connectivity index (χ2v) is 26.5. The van der Waals surface area contributed by atoms with Gasteiger partial charge in [-0.15, -0.1) is 31.6 Å². The van der Waals surface area contributed by atoms with Gasteiger partial charge < -0.3 is 0 Å². The Morgan fingerprint density at radius 1 is 0.257 bits per heavy atom. The molecule has 0 aliphatic rings. The molecule has 0 atom stereocenters. The first kappa shape index (κ1) is 77.6. The Bertz CT molecular complexity index is 6600. The molecule has 0 aliphatic carbocycles. The van der Waals surface area contributed by atoms with Crippen LogP contribution in [0.5, 0.6) is 0 Å². The number of hydrogen-bond donors (Lipinski definition) is 0. The Morgan fingerprint density at radius 2 is 0.590 bits per heavy atom. The van der Waals surface area contributed by atoms with Crippen LogP contribution >= 0.6 is 0 Å². The van der Waals surface area contributed by atoms with Crippen LogP contribution in [0.25, 0.3) is 76.1 Å². The molecular formula is C95H68B10. The van der Waals surface area contributed by atoms with Crippen LogP contribution in [-0.4, -0.2) is 73.0 Å². The number of fused-ring (bicyclic) bond motifs is 6. The van der Waals surface area contributed by atoms with Gasteiger partial charge in [-0.3, -0.25) is 0 Å². The first-order valence-electron chi connectivity index (χ1n) is 34.7. The summed E-state index contributed by atoms with van der Waals surface area (Å²) in [6.07, 6.45) is 24.0. The van der Waals surface area contributed by atoms with Crippen molar-refractivity contribution in [2.75, 3.05) is 0 Å². The molecule has 0 N–H and O–H groups in total. The zero-order valence-corrected chi connectivity index (χ0v) is 64.7. The Morgan fingerprint density at radius 3 is 1.02 bits per heavy atom. The number of benzene rings is 8. The Hall–Kier alpha value is -13.1. The van der Waals surface area contributed by atoms with Gasteiger partial charge >= 0.3 is 0 Å². The molecule has 0 heterocycles. The summed E-state index contributed by atoms with van der Waals surface area (Å²) in [5, 5.41) is 9.33. The van der Waals surface area contributed by atoms with E-state index in [1.807, 2.05) is 0 Å². The van der Waals surface area contributed by atoms with E-state index >= 15 is 0 Å². The van der Waals surface area contributed by atoms with E-state index in [2.05, 4.69) is 357 Å². The van der Waals surface area contributed by atoms with Gasteiger partial charge in [0.25, 0.3) is 0 Å². The minimum atomic E-state index is 0.336. The molecule has 8 rings (SSSR count). The van der Waals surface area contributed by atoms with Crippen LogP contribution in [0.3, 0.4) is 0 Å². The molecule has 0 radical (unpaired) electrons. The summed E-state index contributed by atoms with van der Waals surface area (Å²) >= 11 is 0. The van der Waals surface area contributed by atoms with Crippen LogP contribution < -0.4 is 16.4 Å². The maximum atomic E-state index is 6.20. The van der Waals surface area contributed by atoms with Crippen molar-refractivity contribution in [3.8, 4) is 261 Å². The lowest BCUT2D eigenvalue weighted by molar-refractivity contribution is 1.24. The van der Waals surface area contributed by atoms with Crippen molar-refractivity contribution in [2.45, 2.75) is 118 Å². The molecule has 0 fully saturated rings. The Kier molecular flexibility index (Phi) is 25.2. The van der Waals surface area contributed by atoms with Gasteiger partial charge in [0, 0.05) is 51.0 Å². The van der Waals surface area contributed by atoms with E-state index < -0.39 is 0 Å². The Labute approximate surface area is 634 Å². The second kappa shape index (κ2) is 34.1. The quantitative estimate of drug-likeness (QED) is 0.0782. The van der Waals surface area contributed by atoms with Crippen LogP contribution in [0.4, 0.5) is 0 Å². The summed E-state index contributed by atoms with van der Waals surface area (Å²) in [4.78, 5) is 0. The van der Waals surface area contributed by atoms with E-state index in [0.717, 1.165) is 78.8 Å². The highest BCUT2D eigenvalue weighted by Gasteiger charge is 2.36. The molecule has 0 spiro atoms. The molecule has 0 nitrogen and oxygen atoms in total. The molecular weight excluding hydrogens is 1250 g/mol. The van der Waals surface area contributed by atoms with Gasteiger partial charge in [-0.1, -0.05) is 80.8 Å². The third-order valence-electron chi connectivity index (χ3n) is 20.7. The van der Waals surface area contributed by atoms with Gasteiger partial charge in [-0.05, 0) is 387 Å². The average Bonchev–Trinajstić information content (AvgIpc) is 0.679. The first-order valence-corrected chi connectivity index (χ1v) is 34.7. The maximum absolute atomic E-state index is 6.20. The Balaban J connectivity index is 2.04. The smallest absolute Gasteiger partial charge is 0.106 e. The summed E-state index contributed by atoms with van der Waals surface area (Å²) in [6, 6.07) is 0. The highest BCUT2D eigenvalue weighted by molar-refractivity contribution is 7.84. The number of rotatable bonds is 6. The molecule has 8 aromatic carbocycles. The van der Waals surface area contributed by atoms with Gasteiger partial charge in [0.1, 0.15) is 15.0 Å².